The number of amides is 2. The van der Waals surface area contributed by atoms with Crippen molar-refractivity contribution in [1.82, 2.24) is 9.62 Å². The first kappa shape index (κ1) is 29.3. The van der Waals surface area contributed by atoms with Gasteiger partial charge in [-0.1, -0.05) is 55.8 Å². The van der Waals surface area contributed by atoms with E-state index in [1.54, 1.807) is 0 Å². The first-order valence-electron chi connectivity index (χ1n) is 12.8. The fourth-order valence-electron chi connectivity index (χ4n) is 4.63. The molecule has 0 heterocycles. The number of hydrogen-bond acceptors (Lipinski definition) is 6. The predicted molar refractivity (Wildman–Crippen MR) is 146 cm³/mol. The molecule has 1 fully saturated rings. The number of rotatable bonds is 13. The van der Waals surface area contributed by atoms with E-state index in [4.69, 9.17) is 4.74 Å². The monoisotopic (exact) mass is 543 g/mol. The summed E-state index contributed by atoms with van der Waals surface area (Å²) in [6.45, 7) is 4.98. The van der Waals surface area contributed by atoms with Crippen molar-refractivity contribution in [2.24, 2.45) is 5.92 Å². The van der Waals surface area contributed by atoms with E-state index < -0.39 is 28.3 Å². The third kappa shape index (κ3) is 8.68. The van der Waals surface area contributed by atoms with E-state index in [1.807, 2.05) is 30.3 Å². The van der Waals surface area contributed by atoms with Gasteiger partial charge in [0.2, 0.25) is 15.9 Å². The summed E-state index contributed by atoms with van der Waals surface area (Å²) in [5.41, 5.74) is 1.36. The number of nitrogens with zero attached hydrogens (tertiary/aromatic N) is 1. The molecule has 10 heteroatoms. The number of alkyl carbamates (subject to hydrolysis) is 1. The van der Waals surface area contributed by atoms with Crippen molar-refractivity contribution in [3.8, 4) is 0 Å². The Morgan fingerprint density at radius 3 is 2.39 bits per heavy atom. The van der Waals surface area contributed by atoms with Crippen molar-refractivity contribution in [1.29, 1.82) is 0 Å². The molecule has 1 aliphatic rings. The lowest BCUT2D eigenvalue weighted by Gasteiger charge is -2.31. The molecule has 0 unspecified atom stereocenters. The largest absolute Gasteiger partial charge is 0.445 e. The zero-order chi connectivity index (χ0) is 27.5. The normalized spacial score (nSPS) is 15.6. The molecule has 2 aromatic carbocycles. The van der Waals surface area contributed by atoms with Gasteiger partial charge in [-0.2, -0.15) is 4.31 Å². The Balaban J connectivity index is 1.84. The Bertz CT molecular complexity index is 1160. The van der Waals surface area contributed by atoms with Gasteiger partial charge in [0.05, 0.1) is 17.0 Å². The van der Waals surface area contributed by atoms with Crippen LogP contribution < -0.4 is 10.6 Å². The predicted octanol–water partition coefficient (Wildman–Crippen LogP) is 3.71. The van der Waals surface area contributed by atoms with Gasteiger partial charge >= 0.3 is 6.09 Å². The van der Waals surface area contributed by atoms with Crippen LogP contribution in [0.25, 0.3) is 0 Å². The Morgan fingerprint density at radius 1 is 1.13 bits per heavy atom. The SMILES string of the molecule is C=CCOC(=O)N[C@@H](Cc1ccccc1)[C@H](O)CN(CC1CCCC1)S(=O)(=O)c1ccc(NC(C)=O)cc1. The molecule has 2 aromatic rings. The summed E-state index contributed by atoms with van der Waals surface area (Å²) in [4.78, 5) is 23.7. The molecule has 1 aliphatic carbocycles. The average Bonchev–Trinajstić information content (AvgIpc) is 3.40. The molecule has 2 atom stereocenters. The van der Waals surface area contributed by atoms with Crippen molar-refractivity contribution in [3.63, 3.8) is 0 Å². The van der Waals surface area contributed by atoms with Crippen LogP contribution >= 0.6 is 0 Å². The molecule has 38 heavy (non-hydrogen) atoms. The standard InChI is InChI=1S/C28H37N3O6S/c1-3-17-37-28(34)30-26(18-22-9-5-4-6-10-22)27(33)20-31(19-23-11-7-8-12-23)38(35,36)25-15-13-24(14-16-25)29-21(2)32/h3-6,9-10,13-16,23,26-27,33H,1,7-8,11-12,17-20H2,2H3,(H,29,32)(H,30,34)/t26-,27+/m0/s1. The quantitative estimate of drug-likeness (QED) is 0.331. The number of sulfonamides is 1. The van der Waals surface area contributed by atoms with Crippen molar-refractivity contribution < 1.29 is 27.9 Å². The summed E-state index contributed by atoms with van der Waals surface area (Å²) in [5.74, 6) is -0.0659. The number of hydrogen-bond donors (Lipinski definition) is 3. The van der Waals surface area contributed by atoms with Crippen LogP contribution in [0.2, 0.25) is 0 Å². The molecule has 0 bridgehead atoms. The fraction of sp³-hybridized carbons (Fsp3) is 0.429. The highest BCUT2D eigenvalue weighted by Crippen LogP contribution is 2.28. The molecular weight excluding hydrogens is 506 g/mol. The van der Waals surface area contributed by atoms with Crippen LogP contribution in [-0.4, -0.2) is 61.7 Å². The molecule has 3 rings (SSSR count). The molecule has 0 spiro atoms. The summed E-state index contributed by atoms with van der Waals surface area (Å²) in [5, 5.41) is 16.6. The van der Waals surface area contributed by atoms with Gasteiger partial charge in [0.15, 0.2) is 0 Å². The van der Waals surface area contributed by atoms with Crippen LogP contribution in [0.3, 0.4) is 0 Å². The van der Waals surface area contributed by atoms with Crippen molar-refractivity contribution in [3.05, 3.63) is 72.8 Å². The fourth-order valence-corrected chi connectivity index (χ4v) is 6.16. The first-order chi connectivity index (χ1) is 18.2. The lowest BCUT2D eigenvalue weighted by atomic mass is 10.0. The van der Waals surface area contributed by atoms with Gasteiger partial charge < -0.3 is 20.5 Å². The van der Waals surface area contributed by atoms with Crippen molar-refractivity contribution >= 4 is 27.7 Å². The van der Waals surface area contributed by atoms with Gasteiger partial charge in [0.25, 0.3) is 0 Å². The minimum absolute atomic E-state index is 0.0106. The van der Waals surface area contributed by atoms with E-state index in [2.05, 4.69) is 17.2 Å². The Kier molecular flexibility index (Phi) is 10.9. The van der Waals surface area contributed by atoms with E-state index in [0.29, 0.717) is 5.69 Å². The lowest BCUT2D eigenvalue weighted by molar-refractivity contribution is -0.114. The molecule has 0 aliphatic heterocycles. The highest BCUT2D eigenvalue weighted by Gasteiger charge is 2.33. The smallest absolute Gasteiger partial charge is 0.407 e. The Hall–Kier alpha value is -3.21. The molecule has 3 N–H and O–H groups in total. The number of nitrogens with one attached hydrogen (secondary N) is 2. The minimum Gasteiger partial charge on any atom is -0.445 e. The maximum atomic E-state index is 13.7. The molecule has 0 radical (unpaired) electrons. The number of carbonyl (C=O) groups excluding carboxylic acids is 2. The van der Waals surface area contributed by atoms with Crippen LogP contribution in [0.1, 0.15) is 38.2 Å². The van der Waals surface area contributed by atoms with Crippen molar-refractivity contribution in [2.75, 3.05) is 25.0 Å². The van der Waals surface area contributed by atoms with E-state index in [-0.39, 0.29) is 42.8 Å². The van der Waals surface area contributed by atoms with E-state index in [0.717, 1.165) is 31.2 Å². The average molecular weight is 544 g/mol. The summed E-state index contributed by atoms with van der Waals surface area (Å²) >= 11 is 0. The number of carbonyl (C=O) groups is 2. The second-order valence-corrected chi connectivity index (χ2v) is 11.5. The van der Waals surface area contributed by atoms with Crippen LogP contribution in [0.5, 0.6) is 0 Å². The van der Waals surface area contributed by atoms with Crippen molar-refractivity contribution in [2.45, 2.75) is 56.1 Å². The molecule has 1 saturated carbocycles. The summed E-state index contributed by atoms with van der Waals surface area (Å²) in [6.07, 6.45) is 3.72. The Labute approximate surface area is 224 Å². The number of aliphatic hydroxyl groups is 1. The number of benzene rings is 2. The second kappa shape index (κ2) is 14.1. The van der Waals surface area contributed by atoms with Gasteiger partial charge in [-0.25, -0.2) is 13.2 Å². The molecule has 0 aromatic heterocycles. The summed E-state index contributed by atoms with van der Waals surface area (Å²) in [7, 11) is -3.97. The Morgan fingerprint density at radius 2 is 1.79 bits per heavy atom. The third-order valence-electron chi connectivity index (χ3n) is 6.54. The maximum absolute atomic E-state index is 13.7. The highest BCUT2D eigenvalue weighted by atomic mass is 32.2. The first-order valence-corrected chi connectivity index (χ1v) is 14.3. The summed E-state index contributed by atoms with van der Waals surface area (Å²) < 4.78 is 33.8. The van der Waals surface area contributed by atoms with Gasteiger partial charge in [-0.15, -0.1) is 0 Å². The van der Waals surface area contributed by atoms with Crippen LogP contribution in [0, 0.1) is 5.92 Å². The van der Waals surface area contributed by atoms with E-state index in [1.165, 1.54) is 41.6 Å². The zero-order valence-corrected chi connectivity index (χ0v) is 22.5. The number of ether oxygens (including phenoxy) is 1. The van der Waals surface area contributed by atoms with Crippen LogP contribution in [-0.2, 0) is 26.0 Å². The van der Waals surface area contributed by atoms with E-state index >= 15 is 0 Å². The number of aliphatic hydroxyl groups excluding tert-OH is 1. The van der Waals surface area contributed by atoms with Crippen LogP contribution in [0.4, 0.5) is 10.5 Å². The van der Waals surface area contributed by atoms with Gasteiger partial charge in [0.1, 0.15) is 6.61 Å². The highest BCUT2D eigenvalue weighted by molar-refractivity contribution is 7.89. The lowest BCUT2D eigenvalue weighted by Crippen LogP contribution is -2.51. The van der Waals surface area contributed by atoms with Crippen LogP contribution in [0.15, 0.2) is 72.1 Å². The molecule has 0 saturated heterocycles. The molecular formula is C28H37N3O6S. The topological polar surface area (TPSA) is 125 Å². The van der Waals surface area contributed by atoms with Gasteiger partial charge in [-0.05, 0) is 55.0 Å². The second-order valence-electron chi connectivity index (χ2n) is 9.57. The maximum Gasteiger partial charge on any atom is 0.407 e. The van der Waals surface area contributed by atoms with Gasteiger partial charge in [-0.3, -0.25) is 4.79 Å². The minimum atomic E-state index is -3.97. The number of anilines is 1. The molecule has 206 valence electrons. The molecule has 9 nitrogen and oxygen atoms in total. The summed E-state index contributed by atoms with van der Waals surface area (Å²) in [6, 6.07) is 14.5. The zero-order valence-electron chi connectivity index (χ0n) is 21.7. The van der Waals surface area contributed by atoms with Gasteiger partial charge in [0, 0.05) is 25.7 Å². The molecule has 2 amide bonds. The van der Waals surface area contributed by atoms with E-state index in [9.17, 15) is 23.1 Å². The third-order valence-corrected chi connectivity index (χ3v) is 8.38.